The van der Waals surface area contributed by atoms with Gasteiger partial charge in [0.2, 0.25) is 5.91 Å². The molecular formula is C14H23FN4O. The van der Waals surface area contributed by atoms with Gasteiger partial charge in [0.1, 0.15) is 0 Å². The monoisotopic (exact) mass is 282 g/mol. The van der Waals surface area contributed by atoms with Crippen molar-refractivity contribution in [3.05, 3.63) is 23.6 Å². The Morgan fingerprint density at radius 1 is 1.45 bits per heavy atom. The Bertz CT molecular complexity index is 457. The molecule has 0 spiro atoms. The number of aromatic nitrogens is 1. The number of amides is 1. The van der Waals surface area contributed by atoms with Crippen LogP contribution >= 0.6 is 0 Å². The van der Waals surface area contributed by atoms with Gasteiger partial charge in [0.15, 0.2) is 11.6 Å². The van der Waals surface area contributed by atoms with E-state index in [2.05, 4.69) is 15.6 Å². The second-order valence-electron chi connectivity index (χ2n) is 5.73. The molecule has 0 saturated heterocycles. The normalized spacial score (nSPS) is 11.4. The topological polar surface area (TPSA) is 80.0 Å². The summed E-state index contributed by atoms with van der Waals surface area (Å²) in [5, 5.41) is 6.12. The number of carbonyl (C=O) groups excluding carboxylic acids is 1. The fourth-order valence-corrected chi connectivity index (χ4v) is 1.57. The summed E-state index contributed by atoms with van der Waals surface area (Å²) in [6.07, 6.45) is 2.40. The number of pyridine rings is 1. The van der Waals surface area contributed by atoms with E-state index in [1.165, 1.54) is 0 Å². The third-order valence-electron chi connectivity index (χ3n) is 2.67. The van der Waals surface area contributed by atoms with E-state index < -0.39 is 0 Å². The summed E-state index contributed by atoms with van der Waals surface area (Å²) in [7, 11) is 0. The van der Waals surface area contributed by atoms with Crippen LogP contribution in [0.2, 0.25) is 0 Å². The van der Waals surface area contributed by atoms with Gasteiger partial charge in [-0.2, -0.15) is 0 Å². The number of carbonyl (C=O) groups is 1. The zero-order chi connectivity index (χ0) is 15.2. The number of nitrogens with two attached hydrogens (primary N) is 1. The van der Waals surface area contributed by atoms with Gasteiger partial charge in [-0.3, -0.25) is 4.79 Å². The zero-order valence-electron chi connectivity index (χ0n) is 12.3. The van der Waals surface area contributed by atoms with Crippen molar-refractivity contribution in [3.63, 3.8) is 0 Å². The molecule has 1 rings (SSSR count). The lowest BCUT2D eigenvalue weighted by atomic mass is 10.1. The summed E-state index contributed by atoms with van der Waals surface area (Å²) < 4.78 is 14.2. The van der Waals surface area contributed by atoms with Crippen LogP contribution in [0.25, 0.3) is 0 Å². The van der Waals surface area contributed by atoms with Gasteiger partial charge in [-0.15, -0.1) is 0 Å². The molecule has 1 aromatic heterocycles. The van der Waals surface area contributed by atoms with E-state index >= 15 is 0 Å². The summed E-state index contributed by atoms with van der Waals surface area (Å²) in [5.74, 6) is -0.505. The Balaban J connectivity index is 2.58. The first-order valence-electron chi connectivity index (χ1n) is 6.70. The van der Waals surface area contributed by atoms with Gasteiger partial charge < -0.3 is 16.4 Å². The van der Waals surface area contributed by atoms with Crippen molar-refractivity contribution in [3.8, 4) is 0 Å². The third-order valence-corrected chi connectivity index (χ3v) is 2.67. The highest BCUT2D eigenvalue weighted by atomic mass is 19.1. The Hall–Kier alpha value is -1.69. The van der Waals surface area contributed by atoms with Gasteiger partial charge in [-0.25, -0.2) is 9.37 Å². The number of halogens is 1. The predicted octanol–water partition coefficient (Wildman–Crippen LogP) is 1.79. The molecule has 0 aliphatic heterocycles. The molecule has 1 heterocycles. The number of hydrogen-bond donors (Lipinski definition) is 3. The van der Waals surface area contributed by atoms with E-state index in [0.29, 0.717) is 25.1 Å². The predicted molar refractivity (Wildman–Crippen MR) is 77.7 cm³/mol. The smallest absolute Gasteiger partial charge is 0.217 e. The first kappa shape index (κ1) is 16.4. The molecular weight excluding hydrogens is 259 g/mol. The average Bonchev–Trinajstić information content (AvgIpc) is 2.33. The first-order chi connectivity index (χ1) is 9.29. The van der Waals surface area contributed by atoms with E-state index in [9.17, 15) is 9.18 Å². The molecule has 0 saturated carbocycles. The number of anilines is 1. The second-order valence-corrected chi connectivity index (χ2v) is 5.73. The Labute approximate surface area is 119 Å². The molecule has 0 bridgehead atoms. The summed E-state index contributed by atoms with van der Waals surface area (Å²) in [6.45, 7) is 6.97. The maximum Gasteiger partial charge on any atom is 0.217 e. The molecule has 4 N–H and O–H groups in total. The standard InChI is InChI=1S/C14H23FN4O/c1-14(2,3)19-9-10-6-8-18-13(12(10)15)17-7-4-5-11(16)20/h6,8,19H,4-5,7,9H2,1-3H3,(H2,16,20)(H,17,18). The molecule has 0 radical (unpaired) electrons. The summed E-state index contributed by atoms with van der Waals surface area (Å²) >= 11 is 0. The number of rotatable bonds is 7. The minimum Gasteiger partial charge on any atom is -0.370 e. The molecule has 5 nitrogen and oxygen atoms in total. The highest BCUT2D eigenvalue weighted by molar-refractivity contribution is 5.73. The molecule has 6 heteroatoms. The van der Waals surface area contributed by atoms with E-state index in [1.54, 1.807) is 12.3 Å². The lowest BCUT2D eigenvalue weighted by Crippen LogP contribution is -2.35. The van der Waals surface area contributed by atoms with Crippen LogP contribution in [0.5, 0.6) is 0 Å². The molecule has 20 heavy (non-hydrogen) atoms. The lowest BCUT2D eigenvalue weighted by molar-refractivity contribution is -0.118. The van der Waals surface area contributed by atoms with Crippen molar-refractivity contribution in [1.29, 1.82) is 0 Å². The Morgan fingerprint density at radius 3 is 2.75 bits per heavy atom. The van der Waals surface area contributed by atoms with Crippen LogP contribution in [0.15, 0.2) is 12.3 Å². The fourth-order valence-electron chi connectivity index (χ4n) is 1.57. The molecule has 112 valence electrons. The van der Waals surface area contributed by atoms with Crippen molar-refractivity contribution >= 4 is 11.7 Å². The van der Waals surface area contributed by atoms with Crippen molar-refractivity contribution in [2.24, 2.45) is 5.73 Å². The molecule has 0 fully saturated rings. The van der Waals surface area contributed by atoms with Crippen LogP contribution in [0, 0.1) is 5.82 Å². The lowest BCUT2D eigenvalue weighted by Gasteiger charge is -2.21. The minimum atomic E-state index is -0.358. The van der Waals surface area contributed by atoms with Gasteiger partial charge in [-0.05, 0) is 33.3 Å². The minimum absolute atomic E-state index is 0.0786. The first-order valence-corrected chi connectivity index (χ1v) is 6.70. The third kappa shape index (κ3) is 5.97. The van der Waals surface area contributed by atoms with Gasteiger partial charge in [0, 0.05) is 36.8 Å². The summed E-state index contributed by atoms with van der Waals surface area (Å²) in [5.41, 5.74) is 5.53. The molecule has 1 aromatic rings. The largest absolute Gasteiger partial charge is 0.370 e. The zero-order valence-corrected chi connectivity index (χ0v) is 12.3. The molecule has 0 aliphatic rings. The van der Waals surface area contributed by atoms with Crippen molar-refractivity contribution in [2.75, 3.05) is 11.9 Å². The number of primary amides is 1. The fraction of sp³-hybridized carbons (Fsp3) is 0.571. The number of nitrogens with one attached hydrogen (secondary N) is 2. The van der Waals surface area contributed by atoms with Gasteiger partial charge in [0.05, 0.1) is 0 Å². The van der Waals surface area contributed by atoms with E-state index in [-0.39, 0.29) is 29.5 Å². The molecule has 1 amide bonds. The van der Waals surface area contributed by atoms with Crippen molar-refractivity contribution < 1.29 is 9.18 Å². The Kier molecular flexibility index (Phi) is 5.88. The van der Waals surface area contributed by atoms with E-state index in [4.69, 9.17) is 5.73 Å². The van der Waals surface area contributed by atoms with E-state index in [1.807, 2.05) is 20.8 Å². The van der Waals surface area contributed by atoms with Crippen LogP contribution in [0.4, 0.5) is 10.2 Å². The highest BCUT2D eigenvalue weighted by Crippen LogP contribution is 2.16. The molecule has 0 aliphatic carbocycles. The molecule has 0 atom stereocenters. The van der Waals surface area contributed by atoms with Crippen molar-refractivity contribution in [2.45, 2.75) is 45.7 Å². The van der Waals surface area contributed by atoms with Crippen LogP contribution in [0.1, 0.15) is 39.2 Å². The van der Waals surface area contributed by atoms with Crippen molar-refractivity contribution in [1.82, 2.24) is 10.3 Å². The second kappa shape index (κ2) is 7.19. The van der Waals surface area contributed by atoms with Crippen LogP contribution in [-0.4, -0.2) is 23.0 Å². The van der Waals surface area contributed by atoms with Gasteiger partial charge in [0.25, 0.3) is 0 Å². The van der Waals surface area contributed by atoms with Gasteiger partial charge >= 0.3 is 0 Å². The molecule has 0 aromatic carbocycles. The van der Waals surface area contributed by atoms with Crippen LogP contribution in [0.3, 0.4) is 0 Å². The van der Waals surface area contributed by atoms with Gasteiger partial charge in [-0.1, -0.05) is 0 Å². The maximum atomic E-state index is 14.2. The van der Waals surface area contributed by atoms with E-state index in [0.717, 1.165) is 0 Å². The number of nitrogens with zero attached hydrogens (tertiary/aromatic N) is 1. The SMILES string of the molecule is CC(C)(C)NCc1ccnc(NCCCC(N)=O)c1F. The summed E-state index contributed by atoms with van der Waals surface area (Å²) in [4.78, 5) is 14.6. The quantitative estimate of drug-likeness (QED) is 0.666. The highest BCUT2D eigenvalue weighted by Gasteiger charge is 2.13. The Morgan fingerprint density at radius 2 is 2.15 bits per heavy atom. The maximum absolute atomic E-state index is 14.2. The number of hydrogen-bond acceptors (Lipinski definition) is 4. The average molecular weight is 282 g/mol. The van der Waals surface area contributed by atoms with Crippen LogP contribution < -0.4 is 16.4 Å². The van der Waals surface area contributed by atoms with Crippen LogP contribution in [-0.2, 0) is 11.3 Å². The molecule has 0 unspecified atom stereocenters. The summed E-state index contributed by atoms with van der Waals surface area (Å²) in [6, 6.07) is 1.66.